The van der Waals surface area contributed by atoms with Crippen molar-refractivity contribution in [3.05, 3.63) is 35.4 Å². The lowest BCUT2D eigenvalue weighted by molar-refractivity contribution is 0.274. The minimum absolute atomic E-state index is 0.359. The van der Waals surface area contributed by atoms with E-state index in [4.69, 9.17) is 5.73 Å². The van der Waals surface area contributed by atoms with Crippen molar-refractivity contribution in [1.29, 1.82) is 0 Å². The second-order valence-electron chi connectivity index (χ2n) is 6.56. The van der Waals surface area contributed by atoms with Gasteiger partial charge in [0.15, 0.2) is 0 Å². The van der Waals surface area contributed by atoms with Crippen molar-refractivity contribution in [1.82, 2.24) is 0 Å². The Labute approximate surface area is 118 Å². The first kappa shape index (κ1) is 14.6. The Morgan fingerprint density at radius 1 is 1.16 bits per heavy atom. The molecule has 0 aliphatic heterocycles. The molecular formula is C18H29N. The Morgan fingerprint density at radius 2 is 1.84 bits per heavy atom. The average molecular weight is 259 g/mol. The molecule has 0 bridgehead atoms. The van der Waals surface area contributed by atoms with Gasteiger partial charge in [0.25, 0.3) is 0 Å². The van der Waals surface area contributed by atoms with Crippen molar-refractivity contribution in [3.63, 3.8) is 0 Å². The molecule has 3 atom stereocenters. The highest BCUT2D eigenvalue weighted by Gasteiger charge is 2.28. The molecule has 2 rings (SSSR count). The van der Waals surface area contributed by atoms with Crippen LogP contribution in [0.2, 0.25) is 0 Å². The largest absolute Gasteiger partial charge is 0.327 e. The minimum atomic E-state index is 0.359. The molecule has 1 heteroatoms. The molecule has 1 aliphatic carbocycles. The molecule has 1 aliphatic rings. The highest BCUT2D eigenvalue weighted by atomic mass is 14.7. The van der Waals surface area contributed by atoms with Gasteiger partial charge in [-0.1, -0.05) is 57.9 Å². The van der Waals surface area contributed by atoms with Gasteiger partial charge in [-0.25, -0.2) is 0 Å². The van der Waals surface area contributed by atoms with Crippen LogP contribution in [0.25, 0.3) is 0 Å². The van der Waals surface area contributed by atoms with Gasteiger partial charge in [-0.2, -0.15) is 0 Å². The Hall–Kier alpha value is -0.820. The van der Waals surface area contributed by atoms with Gasteiger partial charge < -0.3 is 5.73 Å². The average Bonchev–Trinajstić information content (AvgIpc) is 2.41. The fourth-order valence-electron chi connectivity index (χ4n) is 3.46. The monoisotopic (exact) mass is 259 g/mol. The summed E-state index contributed by atoms with van der Waals surface area (Å²) in [5.41, 5.74) is 9.25. The summed E-state index contributed by atoms with van der Waals surface area (Å²) in [6.07, 6.45) is 6.49. The molecule has 1 fully saturated rings. The van der Waals surface area contributed by atoms with Crippen LogP contribution >= 0.6 is 0 Å². The van der Waals surface area contributed by atoms with Crippen LogP contribution in [0, 0.1) is 5.92 Å². The van der Waals surface area contributed by atoms with Crippen molar-refractivity contribution in [2.45, 2.75) is 70.8 Å². The molecule has 2 N–H and O–H groups in total. The molecule has 1 aromatic rings. The maximum atomic E-state index is 6.37. The van der Waals surface area contributed by atoms with Crippen LogP contribution in [0.15, 0.2) is 24.3 Å². The molecule has 1 aromatic carbocycles. The van der Waals surface area contributed by atoms with Gasteiger partial charge in [-0.15, -0.1) is 0 Å². The number of benzene rings is 1. The van der Waals surface area contributed by atoms with Crippen LogP contribution in [-0.2, 0) is 0 Å². The van der Waals surface area contributed by atoms with Crippen LogP contribution in [0.4, 0.5) is 0 Å². The van der Waals surface area contributed by atoms with Gasteiger partial charge in [-0.3, -0.25) is 0 Å². The van der Waals surface area contributed by atoms with Crippen molar-refractivity contribution in [2.24, 2.45) is 11.7 Å². The van der Waals surface area contributed by atoms with E-state index >= 15 is 0 Å². The van der Waals surface area contributed by atoms with Gasteiger partial charge >= 0.3 is 0 Å². The third-order valence-electron chi connectivity index (χ3n) is 4.74. The molecule has 0 saturated heterocycles. The zero-order valence-electron chi connectivity index (χ0n) is 12.7. The first-order valence-corrected chi connectivity index (χ1v) is 7.97. The first-order valence-electron chi connectivity index (χ1n) is 7.97. The fourth-order valence-corrected chi connectivity index (χ4v) is 3.46. The highest BCUT2D eigenvalue weighted by molar-refractivity contribution is 5.28. The number of rotatable bonds is 4. The van der Waals surface area contributed by atoms with Gasteiger partial charge in [0, 0.05) is 6.04 Å². The van der Waals surface area contributed by atoms with Crippen molar-refractivity contribution >= 4 is 0 Å². The topological polar surface area (TPSA) is 26.0 Å². The van der Waals surface area contributed by atoms with E-state index in [9.17, 15) is 0 Å². The fraction of sp³-hybridized carbons (Fsp3) is 0.667. The quantitative estimate of drug-likeness (QED) is 0.824. The molecule has 0 radical (unpaired) electrons. The summed E-state index contributed by atoms with van der Waals surface area (Å²) in [5.74, 6) is 2.08. The molecule has 0 amide bonds. The van der Waals surface area contributed by atoms with E-state index in [0.29, 0.717) is 17.9 Å². The predicted molar refractivity (Wildman–Crippen MR) is 83.5 cm³/mol. The number of hydrogen-bond donors (Lipinski definition) is 1. The molecule has 3 unspecified atom stereocenters. The summed E-state index contributed by atoms with van der Waals surface area (Å²) in [6.45, 7) is 6.79. The summed E-state index contributed by atoms with van der Waals surface area (Å²) in [6, 6.07) is 9.56. The van der Waals surface area contributed by atoms with E-state index in [0.717, 1.165) is 5.92 Å². The van der Waals surface area contributed by atoms with Crippen molar-refractivity contribution in [3.8, 4) is 0 Å². The molecule has 106 valence electrons. The smallest absolute Gasteiger partial charge is 0.0108 e. The van der Waals surface area contributed by atoms with Gasteiger partial charge in [0.1, 0.15) is 0 Å². The van der Waals surface area contributed by atoms with Crippen LogP contribution in [0.1, 0.15) is 75.8 Å². The lowest BCUT2D eigenvalue weighted by Crippen LogP contribution is -2.34. The van der Waals surface area contributed by atoms with Gasteiger partial charge in [0.2, 0.25) is 0 Å². The van der Waals surface area contributed by atoms with Crippen LogP contribution in [0.3, 0.4) is 0 Å². The molecule has 0 aromatic heterocycles. The molecular weight excluding hydrogens is 230 g/mol. The lowest BCUT2D eigenvalue weighted by atomic mass is 9.73. The summed E-state index contributed by atoms with van der Waals surface area (Å²) in [5, 5.41) is 0. The van der Waals surface area contributed by atoms with Crippen LogP contribution in [-0.4, -0.2) is 6.04 Å². The summed E-state index contributed by atoms with van der Waals surface area (Å²) >= 11 is 0. The standard InChI is InChI=1S/C18H29N/c1-4-5-14-6-11-18(19)17(12-14)16-9-7-15(8-10-16)13(2)3/h7-10,13-14,17-18H,4-6,11-12,19H2,1-3H3. The molecule has 0 heterocycles. The van der Waals surface area contributed by atoms with Crippen molar-refractivity contribution < 1.29 is 0 Å². The Kier molecular flexibility index (Phi) is 5.04. The second-order valence-corrected chi connectivity index (χ2v) is 6.56. The maximum absolute atomic E-state index is 6.37. The Balaban J connectivity index is 2.09. The summed E-state index contributed by atoms with van der Waals surface area (Å²) in [4.78, 5) is 0. The van der Waals surface area contributed by atoms with Crippen LogP contribution in [0.5, 0.6) is 0 Å². The van der Waals surface area contributed by atoms with Crippen LogP contribution < -0.4 is 5.73 Å². The second kappa shape index (κ2) is 6.56. The highest BCUT2D eigenvalue weighted by Crippen LogP contribution is 2.37. The van der Waals surface area contributed by atoms with Gasteiger partial charge in [0.05, 0.1) is 0 Å². The SMILES string of the molecule is CCCC1CCC(N)C(c2ccc(C(C)C)cc2)C1. The third kappa shape index (κ3) is 3.60. The minimum Gasteiger partial charge on any atom is -0.327 e. The zero-order valence-corrected chi connectivity index (χ0v) is 12.7. The Bertz CT molecular complexity index is 379. The number of hydrogen-bond acceptors (Lipinski definition) is 1. The first-order chi connectivity index (χ1) is 9.11. The summed E-state index contributed by atoms with van der Waals surface area (Å²) in [7, 11) is 0. The zero-order chi connectivity index (χ0) is 13.8. The van der Waals surface area contributed by atoms with Gasteiger partial charge in [-0.05, 0) is 48.1 Å². The van der Waals surface area contributed by atoms with E-state index in [2.05, 4.69) is 45.0 Å². The lowest BCUT2D eigenvalue weighted by Gasteiger charge is -2.34. The van der Waals surface area contributed by atoms with E-state index in [1.807, 2.05) is 0 Å². The Morgan fingerprint density at radius 3 is 2.42 bits per heavy atom. The van der Waals surface area contributed by atoms with E-state index < -0.39 is 0 Å². The van der Waals surface area contributed by atoms with E-state index in [1.54, 1.807) is 0 Å². The molecule has 1 saturated carbocycles. The third-order valence-corrected chi connectivity index (χ3v) is 4.74. The molecule has 19 heavy (non-hydrogen) atoms. The number of nitrogens with two attached hydrogens (primary N) is 1. The van der Waals surface area contributed by atoms with Crippen molar-refractivity contribution in [2.75, 3.05) is 0 Å². The van der Waals surface area contributed by atoms with E-state index in [1.165, 1.54) is 43.2 Å². The summed E-state index contributed by atoms with van der Waals surface area (Å²) < 4.78 is 0. The molecule has 1 nitrogen and oxygen atoms in total. The molecule has 0 spiro atoms. The maximum Gasteiger partial charge on any atom is 0.0108 e. The van der Waals surface area contributed by atoms with E-state index in [-0.39, 0.29) is 0 Å². The predicted octanol–water partition coefficient (Wildman–Crippen LogP) is 4.82. The normalized spacial score (nSPS) is 27.7.